The predicted molar refractivity (Wildman–Crippen MR) is 75.9 cm³/mol. The van der Waals surface area contributed by atoms with Gasteiger partial charge < -0.3 is 0 Å². The van der Waals surface area contributed by atoms with Crippen molar-refractivity contribution in [1.82, 2.24) is 0 Å². The molecule has 1 aliphatic carbocycles. The molecule has 0 unspecified atom stereocenters. The zero-order chi connectivity index (χ0) is 13.1. The zero-order valence-electron chi connectivity index (χ0n) is 10.4. The Bertz CT molecular complexity index is 515. The molecule has 0 spiro atoms. The average molecular weight is 356 g/mol. The van der Waals surface area contributed by atoms with Gasteiger partial charge >= 0.3 is 37.9 Å². The normalized spacial score (nSPS) is 11.1. The summed E-state index contributed by atoms with van der Waals surface area (Å²) in [6.45, 7) is 4.32. The fourth-order valence-electron chi connectivity index (χ4n) is 2.47. The van der Waals surface area contributed by atoms with Crippen molar-refractivity contribution in [3.63, 3.8) is 0 Å². The third-order valence-corrected chi connectivity index (χ3v) is 3.19. The number of benzene rings is 2. The van der Waals surface area contributed by atoms with E-state index >= 15 is 0 Å². The molecule has 0 bridgehead atoms. The zero-order valence-corrected chi connectivity index (χ0v) is 14.4. The molecule has 0 fully saturated rings. The Hall–Kier alpha value is -0.0969. The van der Waals surface area contributed by atoms with Crippen molar-refractivity contribution in [2.75, 3.05) is 0 Å². The van der Waals surface area contributed by atoms with Crippen molar-refractivity contribution in [3.8, 4) is 11.1 Å². The standard InChI is InChI=1S/C15H14.2ClH.Zr/c1-10-3-5-14-12(7-10)9-13-8-11(2)4-6-15(13)14;;;/h3-8H,9H2,1-2H3;2*1H;/q;;;+2/p-2. The molecule has 1 aliphatic rings. The number of aryl methyl sites for hydroxylation is 2. The van der Waals surface area contributed by atoms with Crippen LogP contribution in [0.1, 0.15) is 22.3 Å². The van der Waals surface area contributed by atoms with Crippen molar-refractivity contribution in [3.05, 3.63) is 58.7 Å². The molecule has 0 heterocycles. The van der Waals surface area contributed by atoms with Gasteiger partial charge in [-0.15, -0.1) is 0 Å². The van der Waals surface area contributed by atoms with Gasteiger partial charge in [0.25, 0.3) is 0 Å². The summed E-state index contributed by atoms with van der Waals surface area (Å²) in [5, 5.41) is 0. The van der Waals surface area contributed by atoms with Crippen molar-refractivity contribution >= 4 is 17.0 Å². The molecular formula is C15H14Cl2Zr. The first-order valence-corrected chi connectivity index (χ1v) is 12.1. The summed E-state index contributed by atoms with van der Waals surface area (Å²) in [6, 6.07) is 13.5. The van der Waals surface area contributed by atoms with E-state index in [1.165, 1.54) is 33.4 Å². The summed E-state index contributed by atoms with van der Waals surface area (Å²) in [7, 11) is 9.87. The Morgan fingerprint density at radius 3 is 1.61 bits per heavy atom. The molecular weight excluding hydrogens is 342 g/mol. The van der Waals surface area contributed by atoms with Gasteiger partial charge in [0.1, 0.15) is 0 Å². The Morgan fingerprint density at radius 1 is 0.833 bits per heavy atom. The summed E-state index contributed by atoms with van der Waals surface area (Å²) in [6.07, 6.45) is 1.11. The van der Waals surface area contributed by atoms with Crippen LogP contribution in [0.25, 0.3) is 11.1 Å². The molecule has 0 saturated carbocycles. The molecule has 3 heteroatoms. The Balaban J connectivity index is 0.000000367. The average Bonchev–Trinajstić information content (AvgIpc) is 2.65. The van der Waals surface area contributed by atoms with Crippen molar-refractivity contribution in [2.24, 2.45) is 0 Å². The molecule has 0 nitrogen and oxygen atoms in total. The van der Waals surface area contributed by atoms with Gasteiger partial charge in [0.05, 0.1) is 0 Å². The maximum atomic E-state index is 4.93. The number of hydrogen-bond acceptors (Lipinski definition) is 0. The molecule has 0 radical (unpaired) electrons. The van der Waals surface area contributed by atoms with Crippen molar-refractivity contribution in [1.29, 1.82) is 0 Å². The van der Waals surface area contributed by atoms with E-state index in [-0.39, 0.29) is 0 Å². The van der Waals surface area contributed by atoms with Crippen molar-refractivity contribution < 1.29 is 20.8 Å². The first kappa shape index (κ1) is 14.3. The molecule has 2 aromatic carbocycles. The summed E-state index contributed by atoms with van der Waals surface area (Å²) in [4.78, 5) is 0. The molecule has 92 valence electrons. The van der Waals surface area contributed by atoms with Crippen molar-refractivity contribution in [2.45, 2.75) is 20.3 Å². The quantitative estimate of drug-likeness (QED) is 0.516. The van der Waals surface area contributed by atoms with Gasteiger partial charge in [-0.25, -0.2) is 0 Å². The van der Waals surface area contributed by atoms with Gasteiger partial charge in [-0.3, -0.25) is 0 Å². The molecule has 3 rings (SSSR count). The van der Waals surface area contributed by atoms with Crippen LogP contribution in [0, 0.1) is 13.8 Å². The van der Waals surface area contributed by atoms with Crippen LogP contribution in [-0.4, -0.2) is 0 Å². The molecule has 0 amide bonds. The molecule has 0 N–H and O–H groups in total. The second-order valence-corrected chi connectivity index (χ2v) is 8.30. The molecule has 0 aliphatic heterocycles. The Labute approximate surface area is 127 Å². The molecule has 2 aromatic rings. The van der Waals surface area contributed by atoms with E-state index in [0.717, 1.165) is 6.42 Å². The van der Waals surface area contributed by atoms with Crippen LogP contribution in [0.5, 0.6) is 0 Å². The van der Waals surface area contributed by atoms with Gasteiger partial charge in [0, 0.05) is 0 Å². The Kier molecular flexibility index (Phi) is 5.07. The van der Waals surface area contributed by atoms with Gasteiger partial charge in [0.2, 0.25) is 0 Å². The maximum absolute atomic E-state index is 4.93. The number of halogens is 2. The van der Waals surface area contributed by atoms with Gasteiger partial charge in [0.15, 0.2) is 0 Å². The predicted octanol–water partition coefficient (Wildman–Crippen LogP) is 5.25. The SMILES string of the molecule is Cc1ccc2c(c1)Cc1cc(C)ccc1-2.[Cl][Zr][Cl]. The van der Waals surface area contributed by atoms with Crippen LogP contribution >= 0.6 is 17.0 Å². The van der Waals surface area contributed by atoms with E-state index < -0.39 is 20.8 Å². The van der Waals surface area contributed by atoms with Gasteiger partial charge in [-0.1, -0.05) is 47.5 Å². The van der Waals surface area contributed by atoms with Crippen LogP contribution in [0.15, 0.2) is 36.4 Å². The van der Waals surface area contributed by atoms with E-state index in [1.54, 1.807) is 0 Å². The topological polar surface area (TPSA) is 0 Å². The van der Waals surface area contributed by atoms with E-state index in [0.29, 0.717) is 0 Å². The minimum atomic E-state index is -0.826. The van der Waals surface area contributed by atoms with Gasteiger partial charge in [-0.05, 0) is 42.5 Å². The van der Waals surface area contributed by atoms with Gasteiger partial charge in [-0.2, -0.15) is 0 Å². The monoisotopic (exact) mass is 354 g/mol. The van der Waals surface area contributed by atoms with E-state index in [9.17, 15) is 0 Å². The second-order valence-electron chi connectivity index (χ2n) is 4.57. The number of rotatable bonds is 0. The van der Waals surface area contributed by atoms with E-state index in [2.05, 4.69) is 50.2 Å². The van der Waals surface area contributed by atoms with Crippen LogP contribution in [-0.2, 0) is 27.3 Å². The molecule has 0 atom stereocenters. The Morgan fingerprint density at radius 2 is 1.22 bits per heavy atom. The fourth-order valence-corrected chi connectivity index (χ4v) is 2.47. The van der Waals surface area contributed by atoms with E-state index in [1.807, 2.05) is 0 Å². The van der Waals surface area contributed by atoms with Crippen LogP contribution in [0.2, 0.25) is 0 Å². The van der Waals surface area contributed by atoms with E-state index in [4.69, 9.17) is 17.0 Å². The summed E-state index contributed by atoms with van der Waals surface area (Å²) in [5.74, 6) is 0. The molecule has 18 heavy (non-hydrogen) atoms. The minimum absolute atomic E-state index is 0.826. The summed E-state index contributed by atoms with van der Waals surface area (Å²) >= 11 is -0.826. The first-order chi connectivity index (χ1) is 8.65. The molecule has 0 aromatic heterocycles. The van der Waals surface area contributed by atoms with Crippen LogP contribution in [0.4, 0.5) is 0 Å². The fraction of sp³-hybridized carbons (Fsp3) is 0.200. The summed E-state index contributed by atoms with van der Waals surface area (Å²) < 4.78 is 0. The number of hydrogen-bond donors (Lipinski definition) is 0. The first-order valence-electron chi connectivity index (χ1n) is 5.81. The molecule has 0 saturated heterocycles. The van der Waals surface area contributed by atoms with Crippen LogP contribution in [0.3, 0.4) is 0 Å². The van der Waals surface area contributed by atoms with Crippen LogP contribution < -0.4 is 0 Å². The summed E-state index contributed by atoms with van der Waals surface area (Å²) in [5.41, 5.74) is 8.54. The number of fused-ring (bicyclic) bond motifs is 3. The third kappa shape index (κ3) is 3.07. The third-order valence-electron chi connectivity index (χ3n) is 3.19. The second kappa shape index (κ2) is 6.37.